The summed E-state index contributed by atoms with van der Waals surface area (Å²) in [5, 5.41) is 0. The molecule has 0 aliphatic carbocycles. The predicted molar refractivity (Wildman–Crippen MR) is 156 cm³/mol. The molecule has 0 amide bonds. The monoisotopic (exact) mass is 644 g/mol. The number of halogens is 6. The van der Waals surface area contributed by atoms with E-state index in [1.165, 1.54) is 12.1 Å². The normalized spacial score (nSPS) is 16.9. The highest BCUT2D eigenvalue weighted by molar-refractivity contribution is 5.35. The maximum Gasteiger partial charge on any atom is 0.416 e. The average molecular weight is 645 g/mol. The Morgan fingerprint density at radius 2 is 1.52 bits per heavy atom. The fourth-order valence-electron chi connectivity index (χ4n) is 6.48. The van der Waals surface area contributed by atoms with E-state index in [0.717, 1.165) is 33.4 Å². The Morgan fingerprint density at radius 3 is 2.22 bits per heavy atom. The zero-order valence-corrected chi connectivity index (χ0v) is 24.5. The first-order chi connectivity index (χ1) is 21.9. The van der Waals surface area contributed by atoms with Gasteiger partial charge in [-0.15, -0.1) is 0 Å². The third-order valence-corrected chi connectivity index (χ3v) is 8.91. The smallest absolute Gasteiger partial charge is 0.364 e. The minimum Gasteiger partial charge on any atom is -0.364 e. The third kappa shape index (κ3) is 5.78. The highest BCUT2D eigenvalue weighted by Crippen LogP contribution is 2.43. The predicted octanol–water partition coefficient (Wildman–Crippen LogP) is 5.22. The highest BCUT2D eigenvalue weighted by atomic mass is 19.4. The van der Waals surface area contributed by atoms with Crippen LogP contribution in [0.1, 0.15) is 52.4 Å². The van der Waals surface area contributed by atoms with E-state index in [1.54, 1.807) is 30.3 Å². The number of ether oxygens (including phenoxy) is 1. The number of likely N-dealkylation sites (tertiary alicyclic amines) is 1. The third-order valence-electron chi connectivity index (χ3n) is 8.91. The van der Waals surface area contributed by atoms with Gasteiger partial charge in [0.25, 0.3) is 5.56 Å². The van der Waals surface area contributed by atoms with Crippen LogP contribution < -0.4 is 17.0 Å². The summed E-state index contributed by atoms with van der Waals surface area (Å²) in [7, 11) is 0. The van der Waals surface area contributed by atoms with Gasteiger partial charge in [0.05, 0.1) is 36.5 Å². The second-order valence-electron chi connectivity index (χ2n) is 11.7. The molecule has 4 aromatic rings. The minimum absolute atomic E-state index is 0.0699. The zero-order valence-electron chi connectivity index (χ0n) is 24.5. The largest absolute Gasteiger partial charge is 0.416 e. The molecule has 2 aliphatic heterocycles. The van der Waals surface area contributed by atoms with E-state index in [9.17, 15) is 35.9 Å². The average Bonchev–Trinajstić information content (AvgIpc) is 3.39. The summed E-state index contributed by atoms with van der Waals surface area (Å²) in [6.07, 6.45) is -4.45. The maximum absolute atomic E-state index is 15.0. The number of alkyl halides is 3. The molecule has 1 spiro atoms. The van der Waals surface area contributed by atoms with Crippen LogP contribution in [0.3, 0.4) is 0 Å². The number of benzene rings is 3. The first-order valence-electron chi connectivity index (χ1n) is 14.7. The molecule has 6 rings (SSSR count). The number of hydrogen-bond donors (Lipinski definition) is 1. The number of piperidine rings is 1. The number of hydrogen-bond acceptors (Lipinski definition) is 5. The lowest BCUT2D eigenvalue weighted by Gasteiger charge is -2.39. The van der Waals surface area contributed by atoms with Crippen molar-refractivity contribution in [2.45, 2.75) is 56.9 Å². The molecule has 7 nitrogen and oxygen atoms in total. The van der Waals surface area contributed by atoms with Crippen LogP contribution in [0.25, 0.3) is 0 Å². The molecule has 3 heterocycles. The van der Waals surface area contributed by atoms with Gasteiger partial charge in [0.15, 0.2) is 11.6 Å². The highest BCUT2D eigenvalue weighted by Gasteiger charge is 2.47. The van der Waals surface area contributed by atoms with Crippen LogP contribution in [0, 0.1) is 17.5 Å². The molecular weight excluding hydrogens is 614 g/mol. The van der Waals surface area contributed by atoms with E-state index in [-0.39, 0.29) is 49.4 Å². The molecule has 0 saturated carbocycles. The second-order valence-corrected chi connectivity index (χ2v) is 11.7. The van der Waals surface area contributed by atoms with Gasteiger partial charge in [0, 0.05) is 36.8 Å². The molecule has 0 radical (unpaired) electrons. The van der Waals surface area contributed by atoms with Crippen molar-refractivity contribution >= 4 is 0 Å². The molecule has 242 valence electrons. The molecular formula is C33H30F6N4O3. The second kappa shape index (κ2) is 12.2. The lowest BCUT2D eigenvalue weighted by molar-refractivity contribution is -0.138. The Hall–Kier alpha value is -4.20. The van der Waals surface area contributed by atoms with E-state index in [4.69, 9.17) is 10.5 Å². The summed E-state index contributed by atoms with van der Waals surface area (Å²) < 4.78 is 93.0. The van der Waals surface area contributed by atoms with Gasteiger partial charge in [-0.25, -0.2) is 18.0 Å². The number of nitrogens with two attached hydrogens (primary N) is 1. The van der Waals surface area contributed by atoms with Gasteiger partial charge in [0.1, 0.15) is 11.4 Å². The molecule has 13 heteroatoms. The van der Waals surface area contributed by atoms with E-state index in [0.29, 0.717) is 18.7 Å². The van der Waals surface area contributed by atoms with Crippen LogP contribution in [0.5, 0.6) is 0 Å². The summed E-state index contributed by atoms with van der Waals surface area (Å²) in [6, 6.07) is 14.4. The summed E-state index contributed by atoms with van der Waals surface area (Å²) in [4.78, 5) is 29.9. The molecule has 46 heavy (non-hydrogen) atoms. The van der Waals surface area contributed by atoms with E-state index >= 15 is 0 Å². The minimum atomic E-state index is -4.90. The zero-order chi connectivity index (χ0) is 32.8. The van der Waals surface area contributed by atoms with Crippen molar-refractivity contribution in [3.05, 3.63) is 139 Å². The van der Waals surface area contributed by atoms with Crippen molar-refractivity contribution in [1.82, 2.24) is 14.0 Å². The van der Waals surface area contributed by atoms with Gasteiger partial charge in [-0.05, 0) is 36.6 Å². The number of rotatable bonds is 7. The van der Waals surface area contributed by atoms with Gasteiger partial charge >= 0.3 is 11.9 Å². The van der Waals surface area contributed by atoms with Crippen molar-refractivity contribution in [3.8, 4) is 0 Å². The summed E-state index contributed by atoms with van der Waals surface area (Å²) in [5.74, 6) is -3.06. The first-order valence-corrected chi connectivity index (χ1v) is 14.7. The Morgan fingerprint density at radius 1 is 0.848 bits per heavy atom. The quantitative estimate of drug-likeness (QED) is 0.280. The van der Waals surface area contributed by atoms with Crippen LogP contribution in [-0.4, -0.2) is 27.1 Å². The van der Waals surface area contributed by atoms with E-state index in [1.807, 2.05) is 4.90 Å². The number of aromatic nitrogens is 2. The summed E-state index contributed by atoms with van der Waals surface area (Å²) >= 11 is 0. The number of fused-ring (bicyclic) bond motifs is 2. The van der Waals surface area contributed by atoms with Crippen molar-refractivity contribution in [2.75, 3.05) is 13.1 Å². The first kappa shape index (κ1) is 31.8. The molecule has 1 atom stereocenters. The Kier molecular flexibility index (Phi) is 8.42. The molecule has 1 aromatic heterocycles. The van der Waals surface area contributed by atoms with Crippen molar-refractivity contribution in [3.63, 3.8) is 0 Å². The molecule has 2 N–H and O–H groups in total. The van der Waals surface area contributed by atoms with Gasteiger partial charge in [-0.2, -0.15) is 13.2 Å². The Labute approximate surface area is 259 Å². The van der Waals surface area contributed by atoms with Crippen LogP contribution in [0.15, 0.2) is 76.3 Å². The van der Waals surface area contributed by atoms with E-state index < -0.39 is 64.2 Å². The van der Waals surface area contributed by atoms with Crippen molar-refractivity contribution in [1.29, 1.82) is 0 Å². The summed E-state index contributed by atoms with van der Waals surface area (Å²) in [6.45, 7) is -0.630. The number of nitrogens with zero attached hydrogens (tertiary/aromatic N) is 3. The lowest BCUT2D eigenvalue weighted by Crippen LogP contribution is -2.49. The molecule has 0 bridgehead atoms. The lowest BCUT2D eigenvalue weighted by atomic mass is 9.85. The molecule has 2 aliphatic rings. The molecule has 3 aromatic carbocycles. The maximum atomic E-state index is 15.0. The van der Waals surface area contributed by atoms with Crippen molar-refractivity contribution < 1.29 is 31.1 Å². The van der Waals surface area contributed by atoms with E-state index in [2.05, 4.69) is 0 Å². The molecule has 1 saturated heterocycles. The van der Waals surface area contributed by atoms with Crippen LogP contribution in [-0.2, 0) is 42.8 Å². The SMILES string of the molecule is N[C@@H](Cn1c(=O)c2c(n(Cc3c(F)cccc3C(F)(F)F)c1=O)COC21CCN(Cc2cccc(F)c2F)CC1)c1ccccc1. The van der Waals surface area contributed by atoms with Crippen LogP contribution in [0.4, 0.5) is 26.3 Å². The van der Waals surface area contributed by atoms with Gasteiger partial charge in [-0.3, -0.25) is 18.8 Å². The molecule has 1 fully saturated rings. The van der Waals surface area contributed by atoms with Crippen molar-refractivity contribution in [2.24, 2.45) is 5.73 Å². The van der Waals surface area contributed by atoms with Crippen LogP contribution >= 0.6 is 0 Å². The fraction of sp³-hybridized carbons (Fsp3) is 0.333. The van der Waals surface area contributed by atoms with Crippen LogP contribution in [0.2, 0.25) is 0 Å². The molecule has 0 unspecified atom stereocenters. The topological polar surface area (TPSA) is 82.5 Å². The summed E-state index contributed by atoms with van der Waals surface area (Å²) in [5.41, 5.74) is 2.54. The van der Waals surface area contributed by atoms with Gasteiger partial charge in [-0.1, -0.05) is 48.5 Å². The Balaban J connectivity index is 1.41. The van der Waals surface area contributed by atoms with Gasteiger partial charge < -0.3 is 10.5 Å². The standard InChI is InChI=1S/C33H30F6N4O3/c34-24-10-5-9-23(33(37,38)39)22(24)17-42-27-19-46-32(12-14-41(15-13-32)16-21-8-4-11-25(35)29(21)36)28(27)30(44)43(31(42)45)18-26(40)20-6-2-1-3-7-20/h1-11,26H,12-19,40H2/t26-/m0/s1. The van der Waals surface area contributed by atoms with Gasteiger partial charge in [0.2, 0.25) is 0 Å². The Bertz CT molecular complexity index is 1880. The fourth-order valence-corrected chi connectivity index (χ4v) is 6.48.